The second-order valence-corrected chi connectivity index (χ2v) is 11.5. The van der Waals surface area contributed by atoms with Gasteiger partial charge >= 0.3 is 5.97 Å². The maximum Gasteiger partial charge on any atom is 0.320 e. The van der Waals surface area contributed by atoms with Gasteiger partial charge in [-0.05, 0) is 69.1 Å². The zero-order valence-corrected chi connectivity index (χ0v) is 23.8. The van der Waals surface area contributed by atoms with Gasteiger partial charge in [0.2, 0.25) is 5.82 Å². The molecule has 0 aliphatic heterocycles. The van der Waals surface area contributed by atoms with Crippen molar-refractivity contribution in [2.75, 3.05) is 27.3 Å². The third-order valence-corrected chi connectivity index (χ3v) is 6.53. The molecule has 0 spiro atoms. The smallest absolute Gasteiger partial charge is 0.320 e. The van der Waals surface area contributed by atoms with Crippen LogP contribution < -0.4 is 0 Å². The van der Waals surface area contributed by atoms with Crippen molar-refractivity contribution in [3.8, 4) is 11.4 Å². The van der Waals surface area contributed by atoms with Crippen molar-refractivity contribution < 1.29 is 27.6 Å². The predicted molar refractivity (Wildman–Crippen MR) is 149 cm³/mol. The van der Waals surface area contributed by atoms with Crippen LogP contribution in [-0.2, 0) is 20.8 Å². The Balaban J connectivity index is 1.53. The summed E-state index contributed by atoms with van der Waals surface area (Å²) in [4.78, 5) is 18.7. The van der Waals surface area contributed by atoms with Crippen molar-refractivity contribution in [1.82, 2.24) is 15.0 Å². The predicted octanol–water partition coefficient (Wildman–Crippen LogP) is 6.31. The van der Waals surface area contributed by atoms with Crippen molar-refractivity contribution in [3.63, 3.8) is 0 Å². The molecule has 0 saturated heterocycles. The molecule has 212 valence electrons. The van der Waals surface area contributed by atoms with Gasteiger partial charge < -0.3 is 14.0 Å². The summed E-state index contributed by atoms with van der Waals surface area (Å²) in [6.07, 6.45) is 4.24. The summed E-state index contributed by atoms with van der Waals surface area (Å²) in [6, 6.07) is 11.7. The Hall–Kier alpha value is -3.69. The number of benzene rings is 2. The van der Waals surface area contributed by atoms with Crippen LogP contribution in [0.2, 0.25) is 0 Å². The SMILES string of the molecule is COCC1(C)CC(c2nc(-c3cccc(CN(C)CC(=O)OC(C)(C)C)c3)no2)=CC=C1c1ccc(F)c(F)c1. The van der Waals surface area contributed by atoms with Crippen LogP contribution in [0.3, 0.4) is 0 Å². The monoisotopic (exact) mass is 551 g/mol. The third kappa shape index (κ3) is 7.08. The molecule has 1 unspecified atom stereocenters. The molecule has 0 radical (unpaired) electrons. The fourth-order valence-corrected chi connectivity index (χ4v) is 4.90. The highest BCUT2D eigenvalue weighted by molar-refractivity contribution is 5.80. The van der Waals surface area contributed by atoms with E-state index in [0.29, 0.717) is 36.9 Å². The van der Waals surface area contributed by atoms with Gasteiger partial charge in [-0.15, -0.1) is 0 Å². The van der Waals surface area contributed by atoms with E-state index in [1.54, 1.807) is 13.2 Å². The van der Waals surface area contributed by atoms with Gasteiger partial charge in [-0.1, -0.05) is 48.5 Å². The van der Waals surface area contributed by atoms with Gasteiger partial charge in [0.05, 0.1) is 13.2 Å². The number of carbonyl (C=O) groups is 1. The van der Waals surface area contributed by atoms with Crippen molar-refractivity contribution in [2.24, 2.45) is 5.41 Å². The molecule has 1 aliphatic rings. The van der Waals surface area contributed by atoms with Crippen LogP contribution >= 0.6 is 0 Å². The van der Waals surface area contributed by atoms with Gasteiger partial charge in [0.15, 0.2) is 11.6 Å². The van der Waals surface area contributed by atoms with Crippen molar-refractivity contribution >= 4 is 17.1 Å². The molecule has 1 atom stereocenters. The second-order valence-electron chi connectivity index (χ2n) is 11.5. The van der Waals surface area contributed by atoms with Crippen LogP contribution in [0.4, 0.5) is 8.78 Å². The van der Waals surface area contributed by atoms with E-state index in [0.717, 1.165) is 28.3 Å². The molecule has 40 heavy (non-hydrogen) atoms. The summed E-state index contributed by atoms with van der Waals surface area (Å²) in [6.45, 7) is 8.60. The lowest BCUT2D eigenvalue weighted by Crippen LogP contribution is -2.32. The number of allylic oxidation sites excluding steroid dienone is 3. The molecule has 9 heteroatoms. The van der Waals surface area contributed by atoms with Crippen LogP contribution in [-0.4, -0.2) is 53.9 Å². The molecule has 0 bridgehead atoms. The van der Waals surface area contributed by atoms with E-state index in [9.17, 15) is 13.6 Å². The number of hydrogen-bond donors (Lipinski definition) is 0. The van der Waals surface area contributed by atoms with Gasteiger partial charge in [0.1, 0.15) is 5.60 Å². The highest BCUT2D eigenvalue weighted by Gasteiger charge is 2.35. The fourth-order valence-electron chi connectivity index (χ4n) is 4.90. The average molecular weight is 552 g/mol. The summed E-state index contributed by atoms with van der Waals surface area (Å²) in [5.41, 5.74) is 2.95. The first-order valence-corrected chi connectivity index (χ1v) is 13.1. The van der Waals surface area contributed by atoms with Gasteiger partial charge in [-0.3, -0.25) is 9.69 Å². The Morgan fingerprint density at radius 1 is 1.10 bits per heavy atom. The highest BCUT2D eigenvalue weighted by atomic mass is 19.2. The van der Waals surface area contributed by atoms with Gasteiger partial charge in [0.25, 0.3) is 5.89 Å². The third-order valence-electron chi connectivity index (χ3n) is 6.53. The number of hydrogen-bond acceptors (Lipinski definition) is 7. The minimum absolute atomic E-state index is 0.169. The quantitative estimate of drug-likeness (QED) is 0.288. The number of methoxy groups -OCH3 is 1. The molecule has 1 heterocycles. The number of ether oxygens (including phenoxy) is 2. The second kappa shape index (κ2) is 11.8. The molecule has 0 saturated carbocycles. The minimum Gasteiger partial charge on any atom is -0.459 e. The zero-order valence-electron chi connectivity index (χ0n) is 23.8. The normalized spacial score (nSPS) is 17.5. The molecule has 1 aromatic heterocycles. The van der Waals surface area contributed by atoms with Crippen LogP contribution in [0.25, 0.3) is 22.5 Å². The molecular weight excluding hydrogens is 516 g/mol. The highest BCUT2D eigenvalue weighted by Crippen LogP contribution is 2.46. The van der Waals surface area contributed by atoms with E-state index in [1.807, 2.05) is 76.1 Å². The molecule has 0 N–H and O–H groups in total. The standard InChI is InChI=1S/C31H35F2N3O4/c1-30(2,3)39-27(37)18-36(5)17-20-8-7-9-22(14-20)28-34-29(40-35-28)23-10-12-24(31(4,16-23)19-38-6)21-11-13-25(32)26(33)15-21/h7-15H,16-19H2,1-6H3. The first-order valence-electron chi connectivity index (χ1n) is 13.1. The maximum absolute atomic E-state index is 14.0. The van der Waals surface area contributed by atoms with Crippen molar-refractivity contribution in [3.05, 3.63) is 83.3 Å². The number of halogens is 2. The average Bonchev–Trinajstić information content (AvgIpc) is 3.35. The summed E-state index contributed by atoms with van der Waals surface area (Å²) in [5.74, 6) is -1.24. The lowest BCUT2D eigenvalue weighted by Gasteiger charge is -2.34. The molecule has 7 nitrogen and oxygen atoms in total. The van der Waals surface area contributed by atoms with Gasteiger partial charge in [0, 0.05) is 30.2 Å². The molecule has 3 aromatic rings. The molecule has 1 aliphatic carbocycles. The van der Waals surface area contributed by atoms with E-state index in [-0.39, 0.29) is 12.5 Å². The topological polar surface area (TPSA) is 77.7 Å². The lowest BCUT2D eigenvalue weighted by molar-refractivity contribution is -0.155. The fraction of sp³-hybridized carbons (Fsp3) is 0.387. The maximum atomic E-state index is 14.0. The summed E-state index contributed by atoms with van der Waals surface area (Å²) in [7, 11) is 3.46. The van der Waals surface area contributed by atoms with Crippen LogP contribution in [0.15, 0.2) is 59.1 Å². The van der Waals surface area contributed by atoms with E-state index in [1.165, 1.54) is 6.07 Å². The van der Waals surface area contributed by atoms with Crippen molar-refractivity contribution in [1.29, 1.82) is 0 Å². The van der Waals surface area contributed by atoms with Gasteiger partial charge in [-0.25, -0.2) is 8.78 Å². The zero-order chi connectivity index (χ0) is 29.1. The Morgan fingerprint density at radius 3 is 2.58 bits per heavy atom. The largest absolute Gasteiger partial charge is 0.459 e. The van der Waals surface area contributed by atoms with Crippen LogP contribution in [0.5, 0.6) is 0 Å². The summed E-state index contributed by atoms with van der Waals surface area (Å²) >= 11 is 0. The molecule has 4 rings (SSSR count). The molecular formula is C31H35F2N3O4. The Kier molecular flexibility index (Phi) is 8.65. The van der Waals surface area contributed by atoms with Crippen LogP contribution in [0, 0.1) is 17.0 Å². The summed E-state index contributed by atoms with van der Waals surface area (Å²) in [5, 5.41) is 4.20. The van der Waals surface area contributed by atoms with E-state index in [2.05, 4.69) is 10.1 Å². The Morgan fingerprint density at radius 2 is 1.88 bits per heavy atom. The number of carbonyl (C=O) groups excluding carboxylic acids is 1. The van der Waals surface area contributed by atoms with E-state index < -0.39 is 22.7 Å². The molecule has 2 aromatic carbocycles. The summed E-state index contributed by atoms with van der Waals surface area (Å²) < 4.78 is 44.1. The lowest BCUT2D eigenvalue weighted by atomic mass is 9.71. The molecule has 0 amide bonds. The number of nitrogens with zero attached hydrogens (tertiary/aromatic N) is 3. The van der Waals surface area contributed by atoms with Gasteiger partial charge in [-0.2, -0.15) is 4.98 Å². The van der Waals surface area contributed by atoms with Crippen LogP contribution in [0.1, 0.15) is 51.1 Å². The Bertz CT molecular complexity index is 1440. The number of likely N-dealkylation sites (N-methyl/N-ethyl adjacent to an activating group) is 1. The van der Waals surface area contributed by atoms with E-state index in [4.69, 9.17) is 14.0 Å². The Labute approximate surface area is 233 Å². The number of rotatable bonds is 9. The first-order chi connectivity index (χ1) is 18.9. The molecule has 0 fully saturated rings. The number of esters is 1. The number of aromatic nitrogens is 2. The van der Waals surface area contributed by atoms with E-state index >= 15 is 0 Å². The first kappa shape index (κ1) is 29.3. The van der Waals surface area contributed by atoms with Crippen molar-refractivity contribution in [2.45, 2.75) is 46.3 Å². The minimum atomic E-state index is -0.896.